The molecule has 6 heteroatoms. The Morgan fingerprint density at radius 3 is 2.33 bits per heavy atom. The molecule has 0 saturated heterocycles. The van der Waals surface area contributed by atoms with Gasteiger partial charge in [0.05, 0.1) is 10.7 Å². The summed E-state index contributed by atoms with van der Waals surface area (Å²) in [6.45, 7) is 0. The Bertz CT molecular complexity index is 711. The van der Waals surface area contributed by atoms with Gasteiger partial charge in [-0.15, -0.1) is 0 Å². The van der Waals surface area contributed by atoms with Crippen LogP contribution < -0.4 is 16.4 Å². The third kappa shape index (κ3) is 2.55. The van der Waals surface area contributed by atoms with Gasteiger partial charge in [0.25, 0.3) is 0 Å². The molecule has 0 spiro atoms. The van der Waals surface area contributed by atoms with Gasteiger partial charge in [0.15, 0.2) is 6.17 Å². The summed E-state index contributed by atoms with van der Waals surface area (Å²) in [7, 11) is 0. The lowest BCUT2D eigenvalue weighted by molar-refractivity contribution is 0.736. The fourth-order valence-corrected chi connectivity index (χ4v) is 2.49. The lowest BCUT2D eigenvalue weighted by Crippen LogP contribution is -2.44. The number of anilines is 1. The van der Waals surface area contributed by atoms with E-state index in [1.165, 1.54) is 0 Å². The van der Waals surface area contributed by atoms with Crippen molar-refractivity contribution in [2.75, 3.05) is 4.90 Å². The number of hydrogen-bond acceptors (Lipinski definition) is 5. The monoisotopic (exact) mass is 299 g/mol. The molecule has 1 atom stereocenters. The molecule has 3 rings (SSSR count). The molecular formula is C15H14ClN5. The van der Waals surface area contributed by atoms with Crippen molar-refractivity contribution in [1.29, 1.82) is 0 Å². The van der Waals surface area contributed by atoms with E-state index in [2.05, 4.69) is 9.98 Å². The van der Waals surface area contributed by atoms with Crippen LogP contribution in [0.1, 0.15) is 11.7 Å². The van der Waals surface area contributed by atoms with E-state index in [-0.39, 0.29) is 18.1 Å². The lowest BCUT2D eigenvalue weighted by atomic mass is 10.1. The molecule has 1 aliphatic heterocycles. The molecule has 5 nitrogen and oxygen atoms in total. The van der Waals surface area contributed by atoms with Gasteiger partial charge in [0.1, 0.15) is 0 Å². The van der Waals surface area contributed by atoms with Crippen LogP contribution in [0.15, 0.2) is 64.6 Å². The highest BCUT2D eigenvalue weighted by atomic mass is 35.5. The van der Waals surface area contributed by atoms with Gasteiger partial charge in [0, 0.05) is 0 Å². The number of para-hydroxylation sites is 1. The summed E-state index contributed by atoms with van der Waals surface area (Å²) in [5.41, 5.74) is 13.5. The third-order valence-electron chi connectivity index (χ3n) is 3.18. The average molecular weight is 300 g/mol. The number of rotatable bonds is 2. The van der Waals surface area contributed by atoms with Crippen LogP contribution in [0.3, 0.4) is 0 Å². The zero-order chi connectivity index (χ0) is 14.8. The van der Waals surface area contributed by atoms with E-state index in [0.29, 0.717) is 5.02 Å². The minimum atomic E-state index is -0.386. The molecule has 2 aromatic carbocycles. The van der Waals surface area contributed by atoms with E-state index in [1.54, 1.807) is 11.0 Å². The Balaban J connectivity index is 2.12. The summed E-state index contributed by atoms with van der Waals surface area (Å²) in [6, 6.07) is 17.2. The minimum Gasteiger partial charge on any atom is -0.369 e. The fraction of sp³-hybridized carbons (Fsp3) is 0.0667. The standard InChI is InChI=1S/C15H14ClN5/c16-11-8-4-5-9-12(11)21-13(10-6-2-1-3-7-10)19-14(17)20-15(21)18/h1-9,13H,(H4,17,18,19,20)/t13-/m0/s1. The topological polar surface area (TPSA) is 80.0 Å². The summed E-state index contributed by atoms with van der Waals surface area (Å²) < 4.78 is 0. The number of benzene rings is 2. The zero-order valence-corrected chi connectivity index (χ0v) is 11.9. The lowest BCUT2D eigenvalue weighted by Gasteiger charge is -2.33. The molecule has 0 amide bonds. The molecule has 1 aliphatic rings. The highest BCUT2D eigenvalue weighted by Gasteiger charge is 2.28. The quantitative estimate of drug-likeness (QED) is 0.894. The second-order valence-corrected chi connectivity index (χ2v) is 4.97. The minimum absolute atomic E-state index is 0.157. The van der Waals surface area contributed by atoms with E-state index in [0.717, 1.165) is 11.3 Å². The normalized spacial score (nSPS) is 18.1. The van der Waals surface area contributed by atoms with E-state index >= 15 is 0 Å². The molecule has 0 saturated carbocycles. The van der Waals surface area contributed by atoms with Crippen molar-refractivity contribution in [3.05, 3.63) is 65.2 Å². The van der Waals surface area contributed by atoms with Crippen LogP contribution in [0.4, 0.5) is 5.69 Å². The van der Waals surface area contributed by atoms with Gasteiger partial charge >= 0.3 is 0 Å². The van der Waals surface area contributed by atoms with Crippen LogP contribution in [-0.4, -0.2) is 11.9 Å². The zero-order valence-electron chi connectivity index (χ0n) is 11.1. The first-order valence-electron chi connectivity index (χ1n) is 6.43. The Labute approximate surface area is 127 Å². The van der Waals surface area contributed by atoms with Crippen molar-refractivity contribution in [3.8, 4) is 0 Å². The van der Waals surface area contributed by atoms with Gasteiger partial charge in [-0.3, -0.25) is 4.90 Å². The molecular weight excluding hydrogens is 286 g/mol. The maximum Gasteiger partial charge on any atom is 0.221 e. The number of hydrogen-bond donors (Lipinski definition) is 2. The predicted octanol–water partition coefficient (Wildman–Crippen LogP) is 2.49. The van der Waals surface area contributed by atoms with Crippen LogP contribution in [0.5, 0.6) is 0 Å². The summed E-state index contributed by atoms with van der Waals surface area (Å²) in [5.74, 6) is 0.425. The maximum absolute atomic E-state index is 6.28. The van der Waals surface area contributed by atoms with Crippen molar-refractivity contribution in [2.24, 2.45) is 21.5 Å². The molecule has 1 heterocycles. The number of nitrogens with two attached hydrogens (primary N) is 2. The Hall–Kier alpha value is -2.53. The number of aliphatic imine (C=N–C) groups is 2. The van der Waals surface area contributed by atoms with E-state index in [1.807, 2.05) is 48.5 Å². The van der Waals surface area contributed by atoms with Crippen molar-refractivity contribution in [3.63, 3.8) is 0 Å². The summed E-state index contributed by atoms with van der Waals surface area (Å²) in [5, 5.41) is 0.576. The molecule has 2 aromatic rings. The van der Waals surface area contributed by atoms with Crippen LogP contribution >= 0.6 is 11.6 Å². The van der Waals surface area contributed by atoms with Gasteiger partial charge in [-0.05, 0) is 17.7 Å². The van der Waals surface area contributed by atoms with Crippen molar-refractivity contribution >= 4 is 29.2 Å². The molecule has 0 radical (unpaired) electrons. The average Bonchev–Trinajstić information content (AvgIpc) is 2.49. The summed E-state index contributed by atoms with van der Waals surface area (Å²) in [4.78, 5) is 10.2. The predicted molar refractivity (Wildman–Crippen MR) is 86.4 cm³/mol. The first-order chi connectivity index (χ1) is 10.2. The molecule has 106 valence electrons. The van der Waals surface area contributed by atoms with Crippen LogP contribution in [0, 0.1) is 0 Å². The molecule has 4 N–H and O–H groups in total. The molecule has 0 unspecified atom stereocenters. The SMILES string of the molecule is NC1=N[C@H](c2ccccc2)N(c2ccccc2Cl)C(N)=N1. The molecule has 21 heavy (non-hydrogen) atoms. The Morgan fingerprint density at radius 1 is 0.952 bits per heavy atom. The second-order valence-electron chi connectivity index (χ2n) is 4.56. The number of halogens is 1. The van der Waals surface area contributed by atoms with Gasteiger partial charge in [-0.25, -0.2) is 4.99 Å². The van der Waals surface area contributed by atoms with Crippen molar-refractivity contribution < 1.29 is 0 Å². The van der Waals surface area contributed by atoms with Gasteiger partial charge in [-0.2, -0.15) is 4.99 Å². The third-order valence-corrected chi connectivity index (χ3v) is 3.50. The second kappa shape index (κ2) is 5.46. The fourth-order valence-electron chi connectivity index (χ4n) is 2.26. The van der Waals surface area contributed by atoms with Gasteiger partial charge in [0.2, 0.25) is 11.9 Å². The van der Waals surface area contributed by atoms with Gasteiger partial charge < -0.3 is 11.5 Å². The molecule has 0 aliphatic carbocycles. The van der Waals surface area contributed by atoms with E-state index in [9.17, 15) is 0 Å². The smallest absolute Gasteiger partial charge is 0.221 e. The van der Waals surface area contributed by atoms with Gasteiger partial charge in [-0.1, -0.05) is 54.1 Å². The van der Waals surface area contributed by atoms with Crippen LogP contribution in [0.2, 0.25) is 5.02 Å². The highest BCUT2D eigenvalue weighted by molar-refractivity contribution is 6.34. The first-order valence-corrected chi connectivity index (χ1v) is 6.81. The molecule has 0 fully saturated rings. The number of nitrogens with zero attached hydrogens (tertiary/aromatic N) is 3. The maximum atomic E-state index is 6.28. The number of guanidine groups is 2. The largest absolute Gasteiger partial charge is 0.369 e. The van der Waals surface area contributed by atoms with E-state index in [4.69, 9.17) is 23.1 Å². The first kappa shape index (κ1) is 13.5. The van der Waals surface area contributed by atoms with Crippen molar-refractivity contribution in [1.82, 2.24) is 0 Å². The summed E-state index contributed by atoms with van der Waals surface area (Å²) in [6.07, 6.45) is -0.386. The van der Waals surface area contributed by atoms with Crippen molar-refractivity contribution in [2.45, 2.75) is 6.17 Å². The van der Waals surface area contributed by atoms with E-state index < -0.39 is 0 Å². The van der Waals surface area contributed by atoms with Crippen LogP contribution in [-0.2, 0) is 0 Å². The molecule has 0 bridgehead atoms. The Kier molecular flexibility index (Phi) is 3.50. The Morgan fingerprint density at radius 2 is 1.62 bits per heavy atom. The highest BCUT2D eigenvalue weighted by Crippen LogP contribution is 2.34. The van der Waals surface area contributed by atoms with Crippen LogP contribution in [0.25, 0.3) is 0 Å². The summed E-state index contributed by atoms with van der Waals surface area (Å²) >= 11 is 6.28. The molecule has 0 aromatic heterocycles.